The number of nitrogens with zero attached hydrogens (tertiary/aromatic N) is 2. The van der Waals surface area contributed by atoms with Crippen LogP contribution < -0.4 is 11.5 Å². The molecule has 0 aromatic heterocycles. The van der Waals surface area contributed by atoms with E-state index in [0.717, 1.165) is 24.2 Å². The first kappa shape index (κ1) is 29.2. The Labute approximate surface area is 185 Å². The molecule has 0 aliphatic carbocycles. The molecule has 4 N–H and O–H groups in total. The molecular formula is C18H40Cl4N4. The Kier molecular flexibility index (Phi) is 14.9. The summed E-state index contributed by atoms with van der Waals surface area (Å²) in [5.41, 5.74) is 11.9. The summed E-state index contributed by atoms with van der Waals surface area (Å²) in [7, 11) is 4.53. The predicted molar refractivity (Wildman–Crippen MR) is 122 cm³/mol. The SMILES string of the molecule is CN1[C@@H]2CCC[C@H]1CC(N)C2.CN1[C@@H]2CCC[C@H]1CC(N)C2.Cl.Cl.Cl.Cl. The standard InChI is InChI=1S/2C9H18N2.4ClH/c2*1-11-8-3-2-4-9(11)6-7(10)5-8;;;;/h2*7-9H,2-6,10H2,1H3;4*1H/t2*7?,8-,9+;;;;. The molecule has 0 saturated carbocycles. The van der Waals surface area contributed by atoms with Crippen LogP contribution in [-0.2, 0) is 0 Å². The van der Waals surface area contributed by atoms with Crippen molar-refractivity contribution in [1.29, 1.82) is 0 Å². The van der Waals surface area contributed by atoms with Crippen LogP contribution in [0.4, 0.5) is 0 Å². The van der Waals surface area contributed by atoms with Gasteiger partial charge in [0.05, 0.1) is 0 Å². The van der Waals surface area contributed by atoms with Gasteiger partial charge in [0.2, 0.25) is 0 Å². The van der Waals surface area contributed by atoms with Crippen LogP contribution in [0.5, 0.6) is 0 Å². The lowest BCUT2D eigenvalue weighted by atomic mass is 9.83. The van der Waals surface area contributed by atoms with E-state index in [1.165, 1.54) is 64.2 Å². The smallest absolute Gasteiger partial charge is 0.0110 e. The van der Waals surface area contributed by atoms with E-state index in [4.69, 9.17) is 11.5 Å². The molecule has 0 aromatic carbocycles. The summed E-state index contributed by atoms with van der Waals surface area (Å²) in [4.78, 5) is 5.10. The average Bonchev–Trinajstić information content (AvgIpc) is 2.43. The van der Waals surface area contributed by atoms with Gasteiger partial charge in [0.1, 0.15) is 0 Å². The van der Waals surface area contributed by atoms with E-state index in [2.05, 4.69) is 23.9 Å². The Hall–Kier alpha value is 1.00. The molecule has 6 atom stereocenters. The lowest BCUT2D eigenvalue weighted by molar-refractivity contribution is 0.0569. The first-order valence-electron chi connectivity index (χ1n) is 9.49. The van der Waals surface area contributed by atoms with E-state index in [9.17, 15) is 0 Å². The van der Waals surface area contributed by atoms with E-state index >= 15 is 0 Å². The molecular weight excluding hydrogens is 414 g/mol. The molecule has 26 heavy (non-hydrogen) atoms. The molecule has 4 heterocycles. The van der Waals surface area contributed by atoms with Gasteiger partial charge in [-0.1, -0.05) is 12.8 Å². The summed E-state index contributed by atoms with van der Waals surface area (Å²) >= 11 is 0. The molecule has 4 bridgehead atoms. The summed E-state index contributed by atoms with van der Waals surface area (Å²) in [6.07, 6.45) is 13.3. The van der Waals surface area contributed by atoms with Crippen molar-refractivity contribution in [2.24, 2.45) is 11.5 Å². The van der Waals surface area contributed by atoms with E-state index in [-0.39, 0.29) is 49.6 Å². The second-order valence-electron chi connectivity index (χ2n) is 8.27. The first-order chi connectivity index (χ1) is 10.5. The molecule has 4 nitrogen and oxygen atoms in total. The topological polar surface area (TPSA) is 58.5 Å². The Morgan fingerprint density at radius 2 is 0.769 bits per heavy atom. The second-order valence-corrected chi connectivity index (χ2v) is 8.27. The zero-order chi connectivity index (χ0) is 15.7. The van der Waals surface area contributed by atoms with Gasteiger partial charge >= 0.3 is 0 Å². The van der Waals surface area contributed by atoms with Crippen LogP contribution in [0.2, 0.25) is 0 Å². The molecule has 160 valence electrons. The minimum absolute atomic E-state index is 0. The van der Waals surface area contributed by atoms with Crippen LogP contribution >= 0.6 is 49.6 Å². The van der Waals surface area contributed by atoms with Crippen molar-refractivity contribution in [3.63, 3.8) is 0 Å². The molecule has 4 rings (SSSR count). The Morgan fingerprint density at radius 3 is 1.00 bits per heavy atom. The van der Waals surface area contributed by atoms with Gasteiger partial charge in [0, 0.05) is 36.3 Å². The fourth-order valence-corrected chi connectivity index (χ4v) is 5.32. The van der Waals surface area contributed by atoms with Gasteiger partial charge in [-0.25, -0.2) is 0 Å². The van der Waals surface area contributed by atoms with Crippen LogP contribution in [0.15, 0.2) is 0 Å². The zero-order valence-corrected chi connectivity index (χ0v) is 19.5. The summed E-state index contributed by atoms with van der Waals surface area (Å²) in [6, 6.07) is 4.19. The second kappa shape index (κ2) is 13.3. The molecule has 0 aromatic rings. The molecule has 4 aliphatic rings. The van der Waals surface area contributed by atoms with Crippen molar-refractivity contribution in [2.75, 3.05) is 14.1 Å². The third-order valence-corrected chi connectivity index (χ3v) is 6.75. The predicted octanol–water partition coefficient (Wildman–Crippen LogP) is 3.61. The summed E-state index contributed by atoms with van der Waals surface area (Å²) in [5.74, 6) is 0. The molecule has 0 spiro atoms. The largest absolute Gasteiger partial charge is 0.328 e. The number of hydrogen-bond donors (Lipinski definition) is 2. The zero-order valence-electron chi connectivity index (χ0n) is 16.2. The number of fused-ring (bicyclic) bond motifs is 4. The average molecular weight is 454 g/mol. The molecule has 0 amide bonds. The summed E-state index contributed by atoms with van der Waals surface area (Å²) < 4.78 is 0. The maximum atomic E-state index is 5.96. The van der Waals surface area contributed by atoms with Crippen LogP contribution in [0.3, 0.4) is 0 Å². The number of piperidine rings is 4. The molecule has 8 heteroatoms. The fourth-order valence-electron chi connectivity index (χ4n) is 5.32. The maximum Gasteiger partial charge on any atom is 0.0110 e. The van der Waals surface area contributed by atoms with E-state index < -0.39 is 0 Å². The van der Waals surface area contributed by atoms with Crippen LogP contribution in [-0.4, -0.2) is 60.1 Å². The van der Waals surface area contributed by atoms with Crippen molar-refractivity contribution < 1.29 is 0 Å². The Morgan fingerprint density at radius 1 is 0.538 bits per heavy atom. The number of nitrogens with two attached hydrogens (primary N) is 2. The lowest BCUT2D eigenvalue weighted by Crippen LogP contribution is -2.53. The van der Waals surface area contributed by atoms with E-state index in [1.54, 1.807) is 0 Å². The molecule has 4 fully saturated rings. The van der Waals surface area contributed by atoms with Gasteiger partial charge in [-0.3, -0.25) is 0 Å². The van der Waals surface area contributed by atoms with Gasteiger partial charge in [-0.2, -0.15) is 0 Å². The monoisotopic (exact) mass is 452 g/mol. The Balaban J connectivity index is 0. The van der Waals surface area contributed by atoms with Crippen molar-refractivity contribution in [3.8, 4) is 0 Å². The third kappa shape index (κ3) is 7.11. The van der Waals surface area contributed by atoms with Crippen LogP contribution in [0.1, 0.15) is 64.2 Å². The maximum absolute atomic E-state index is 5.96. The highest BCUT2D eigenvalue weighted by atomic mass is 35.5. The highest BCUT2D eigenvalue weighted by molar-refractivity contribution is 5.86. The number of hydrogen-bond acceptors (Lipinski definition) is 4. The summed E-state index contributed by atoms with van der Waals surface area (Å²) in [5, 5.41) is 0. The number of halogens is 4. The quantitative estimate of drug-likeness (QED) is 0.588. The lowest BCUT2D eigenvalue weighted by Gasteiger charge is -2.46. The van der Waals surface area contributed by atoms with Gasteiger partial charge < -0.3 is 21.3 Å². The highest BCUT2D eigenvalue weighted by Gasteiger charge is 2.35. The normalized spacial score (nSPS) is 38.8. The van der Waals surface area contributed by atoms with Crippen molar-refractivity contribution in [1.82, 2.24) is 9.80 Å². The first-order valence-corrected chi connectivity index (χ1v) is 9.49. The van der Waals surface area contributed by atoms with Crippen molar-refractivity contribution in [3.05, 3.63) is 0 Å². The van der Waals surface area contributed by atoms with Crippen LogP contribution in [0.25, 0.3) is 0 Å². The van der Waals surface area contributed by atoms with Gasteiger partial charge in [-0.15, -0.1) is 49.6 Å². The van der Waals surface area contributed by atoms with Crippen LogP contribution in [0, 0.1) is 0 Å². The fraction of sp³-hybridized carbons (Fsp3) is 1.00. The van der Waals surface area contributed by atoms with Gasteiger partial charge in [0.25, 0.3) is 0 Å². The molecule has 4 saturated heterocycles. The van der Waals surface area contributed by atoms with Crippen molar-refractivity contribution in [2.45, 2.75) is 100 Å². The summed E-state index contributed by atoms with van der Waals surface area (Å²) in [6.45, 7) is 0. The van der Waals surface area contributed by atoms with Gasteiger partial charge in [-0.05, 0) is 65.5 Å². The molecule has 4 aliphatic heterocycles. The van der Waals surface area contributed by atoms with Crippen molar-refractivity contribution >= 4 is 49.6 Å². The van der Waals surface area contributed by atoms with Gasteiger partial charge in [0.15, 0.2) is 0 Å². The third-order valence-electron chi connectivity index (χ3n) is 6.75. The van der Waals surface area contributed by atoms with E-state index in [0.29, 0.717) is 12.1 Å². The number of rotatable bonds is 0. The minimum Gasteiger partial charge on any atom is -0.328 e. The highest BCUT2D eigenvalue weighted by Crippen LogP contribution is 2.32. The molecule has 0 radical (unpaired) electrons. The van der Waals surface area contributed by atoms with E-state index in [1.807, 2.05) is 0 Å². The minimum atomic E-state index is 0. The molecule has 2 unspecified atom stereocenters. The Bertz CT molecular complexity index is 315.